The molecule has 1 aliphatic rings. The number of amides is 2. The third-order valence-corrected chi connectivity index (χ3v) is 4.39. The number of rotatable bonds is 5. The van der Waals surface area contributed by atoms with Gasteiger partial charge in [-0.05, 0) is 37.1 Å². The predicted octanol–water partition coefficient (Wildman–Crippen LogP) is 3.34. The molecule has 4 rings (SSSR count). The van der Waals surface area contributed by atoms with E-state index in [1.54, 1.807) is 24.3 Å². The number of urea groups is 1. The summed E-state index contributed by atoms with van der Waals surface area (Å²) >= 11 is 0. The van der Waals surface area contributed by atoms with Gasteiger partial charge >= 0.3 is 6.03 Å². The Labute approximate surface area is 155 Å². The van der Waals surface area contributed by atoms with E-state index in [1.165, 1.54) is 0 Å². The van der Waals surface area contributed by atoms with Crippen LogP contribution >= 0.6 is 0 Å². The molecule has 1 fully saturated rings. The lowest BCUT2D eigenvalue weighted by atomic mass is 9.98. The van der Waals surface area contributed by atoms with E-state index in [0.29, 0.717) is 22.6 Å². The van der Waals surface area contributed by atoms with Crippen molar-refractivity contribution in [1.82, 2.24) is 15.3 Å². The van der Waals surface area contributed by atoms with Gasteiger partial charge in [0.15, 0.2) is 11.7 Å². The van der Waals surface area contributed by atoms with Crippen molar-refractivity contribution in [3.8, 4) is 6.07 Å². The number of aromatic amines is 1. The molecular formula is C20H17N5O2. The fourth-order valence-corrected chi connectivity index (χ4v) is 2.85. The predicted molar refractivity (Wildman–Crippen MR) is 100 cm³/mol. The average molecular weight is 359 g/mol. The van der Waals surface area contributed by atoms with Crippen molar-refractivity contribution in [2.45, 2.75) is 24.8 Å². The lowest BCUT2D eigenvalue weighted by Crippen LogP contribution is -2.30. The summed E-state index contributed by atoms with van der Waals surface area (Å²) in [6.45, 7) is 0. The largest absolute Gasteiger partial charge is 0.340 e. The Morgan fingerprint density at radius 2 is 2.00 bits per heavy atom. The first kappa shape index (κ1) is 16.8. The van der Waals surface area contributed by atoms with Crippen molar-refractivity contribution in [3.63, 3.8) is 0 Å². The number of nitrogens with one attached hydrogen (secondary N) is 3. The maximum absolute atomic E-state index is 12.9. The van der Waals surface area contributed by atoms with E-state index in [-0.39, 0.29) is 17.9 Å². The van der Waals surface area contributed by atoms with Crippen molar-refractivity contribution < 1.29 is 9.59 Å². The minimum Gasteiger partial charge on any atom is -0.340 e. The summed E-state index contributed by atoms with van der Waals surface area (Å²) in [6, 6.07) is 15.9. The molecule has 1 aliphatic carbocycles. The zero-order valence-electron chi connectivity index (χ0n) is 14.4. The molecular weight excluding hydrogens is 342 g/mol. The summed E-state index contributed by atoms with van der Waals surface area (Å²) in [5.74, 6) is -1.11. The van der Waals surface area contributed by atoms with Gasteiger partial charge in [-0.15, -0.1) is 0 Å². The van der Waals surface area contributed by atoms with E-state index in [0.717, 1.165) is 18.4 Å². The van der Waals surface area contributed by atoms with Gasteiger partial charge in [0.25, 0.3) is 0 Å². The number of aromatic nitrogens is 2. The number of Topliss-reactive ketones (excluding diaryl/α,β-unsaturated/α-hetero) is 1. The van der Waals surface area contributed by atoms with Gasteiger partial charge in [-0.3, -0.25) is 4.79 Å². The topological polar surface area (TPSA) is 111 Å². The Hall–Kier alpha value is -3.66. The van der Waals surface area contributed by atoms with E-state index in [9.17, 15) is 14.9 Å². The monoisotopic (exact) mass is 359 g/mol. The summed E-state index contributed by atoms with van der Waals surface area (Å²) in [5.41, 5.74) is 2.31. The number of imidazole rings is 1. The standard InChI is InChI=1S/C20H17N5O2/c21-11-15(19-24-16-6-1-2-7-17(16)25-19)18(26)12-4-3-5-14(10-12)23-20(27)22-13-8-9-13/h1-7,10,13,15H,8-9H2,(H,24,25)(H2,22,23,27). The fourth-order valence-electron chi connectivity index (χ4n) is 2.85. The molecule has 0 saturated heterocycles. The molecule has 0 aliphatic heterocycles. The first-order valence-electron chi connectivity index (χ1n) is 8.70. The number of ketones is 1. The second kappa shape index (κ2) is 6.92. The van der Waals surface area contributed by atoms with Crippen LogP contribution in [0.25, 0.3) is 11.0 Å². The lowest BCUT2D eigenvalue weighted by Gasteiger charge is -2.09. The van der Waals surface area contributed by atoms with E-state index in [4.69, 9.17) is 0 Å². The molecule has 7 nitrogen and oxygen atoms in total. The smallest absolute Gasteiger partial charge is 0.319 e. The lowest BCUT2D eigenvalue weighted by molar-refractivity contribution is 0.0976. The number of hydrogen-bond acceptors (Lipinski definition) is 4. The summed E-state index contributed by atoms with van der Waals surface area (Å²) in [6.07, 6.45) is 1.99. The number of nitrogens with zero attached hydrogens (tertiary/aromatic N) is 2. The second-order valence-electron chi connectivity index (χ2n) is 6.52. The highest BCUT2D eigenvalue weighted by atomic mass is 16.2. The van der Waals surface area contributed by atoms with E-state index in [1.807, 2.05) is 30.3 Å². The summed E-state index contributed by atoms with van der Waals surface area (Å²) in [4.78, 5) is 32.1. The van der Waals surface area contributed by atoms with Crippen LogP contribution in [-0.4, -0.2) is 27.8 Å². The minimum atomic E-state index is -1.05. The number of benzene rings is 2. The normalized spacial score (nSPS) is 14.3. The van der Waals surface area contributed by atoms with E-state index < -0.39 is 5.92 Å². The van der Waals surface area contributed by atoms with E-state index >= 15 is 0 Å². The van der Waals surface area contributed by atoms with Crippen LogP contribution < -0.4 is 10.6 Å². The molecule has 7 heteroatoms. The van der Waals surface area contributed by atoms with Crippen LogP contribution in [0.5, 0.6) is 0 Å². The highest BCUT2D eigenvalue weighted by Crippen LogP contribution is 2.23. The quantitative estimate of drug-likeness (QED) is 0.607. The molecule has 0 spiro atoms. The first-order valence-corrected chi connectivity index (χ1v) is 8.70. The molecule has 3 aromatic rings. The van der Waals surface area contributed by atoms with Crippen LogP contribution in [0, 0.1) is 11.3 Å². The van der Waals surface area contributed by atoms with Crippen molar-refractivity contribution >= 4 is 28.5 Å². The SMILES string of the molecule is N#CC(C(=O)c1cccc(NC(=O)NC2CC2)c1)c1nc2ccccc2[nH]1. The van der Waals surface area contributed by atoms with Crippen LogP contribution in [0.3, 0.4) is 0 Å². The molecule has 1 aromatic heterocycles. The highest BCUT2D eigenvalue weighted by Gasteiger charge is 2.26. The van der Waals surface area contributed by atoms with Gasteiger partial charge in [-0.25, -0.2) is 9.78 Å². The molecule has 1 heterocycles. The van der Waals surface area contributed by atoms with Gasteiger partial charge in [0.2, 0.25) is 0 Å². The van der Waals surface area contributed by atoms with Gasteiger partial charge < -0.3 is 15.6 Å². The molecule has 2 amide bonds. The Morgan fingerprint density at radius 1 is 1.19 bits per heavy atom. The zero-order chi connectivity index (χ0) is 18.8. The maximum Gasteiger partial charge on any atom is 0.319 e. The molecule has 0 radical (unpaired) electrons. The number of para-hydroxylation sites is 2. The number of fused-ring (bicyclic) bond motifs is 1. The average Bonchev–Trinajstić information content (AvgIpc) is 3.37. The van der Waals surface area contributed by atoms with Crippen LogP contribution in [0.15, 0.2) is 48.5 Å². The number of hydrogen-bond donors (Lipinski definition) is 3. The van der Waals surface area contributed by atoms with Gasteiger partial charge in [-0.2, -0.15) is 5.26 Å². The van der Waals surface area contributed by atoms with Crippen LogP contribution in [0.2, 0.25) is 0 Å². The van der Waals surface area contributed by atoms with Gasteiger partial charge in [0.1, 0.15) is 5.82 Å². The Bertz CT molecular complexity index is 1030. The Kier molecular flexibility index (Phi) is 4.30. The minimum absolute atomic E-state index is 0.242. The zero-order valence-corrected chi connectivity index (χ0v) is 14.4. The molecule has 0 bridgehead atoms. The number of H-pyrrole nitrogens is 1. The Balaban J connectivity index is 1.55. The van der Waals surface area contributed by atoms with Crippen LogP contribution in [-0.2, 0) is 0 Å². The van der Waals surface area contributed by atoms with Crippen LogP contribution in [0.4, 0.5) is 10.5 Å². The summed E-state index contributed by atoms with van der Waals surface area (Å²) in [7, 11) is 0. The number of carbonyl (C=O) groups excluding carboxylic acids is 2. The van der Waals surface area contributed by atoms with Crippen molar-refractivity contribution in [3.05, 3.63) is 59.9 Å². The molecule has 3 N–H and O–H groups in total. The summed E-state index contributed by atoms with van der Waals surface area (Å²) in [5, 5.41) is 15.1. The van der Waals surface area contributed by atoms with Gasteiger partial charge in [0, 0.05) is 17.3 Å². The van der Waals surface area contributed by atoms with Crippen molar-refractivity contribution in [1.29, 1.82) is 5.26 Å². The number of anilines is 1. The molecule has 2 aromatic carbocycles. The van der Waals surface area contributed by atoms with Crippen molar-refractivity contribution in [2.24, 2.45) is 0 Å². The number of nitriles is 1. The van der Waals surface area contributed by atoms with Crippen molar-refractivity contribution in [2.75, 3.05) is 5.32 Å². The first-order chi connectivity index (χ1) is 13.1. The molecule has 1 atom stereocenters. The summed E-state index contributed by atoms with van der Waals surface area (Å²) < 4.78 is 0. The molecule has 1 unspecified atom stereocenters. The maximum atomic E-state index is 12.9. The number of carbonyl (C=O) groups is 2. The Morgan fingerprint density at radius 3 is 2.74 bits per heavy atom. The van der Waals surface area contributed by atoms with Gasteiger partial charge in [-0.1, -0.05) is 24.3 Å². The molecule has 134 valence electrons. The molecule has 27 heavy (non-hydrogen) atoms. The van der Waals surface area contributed by atoms with Gasteiger partial charge in [0.05, 0.1) is 17.1 Å². The third kappa shape index (κ3) is 3.65. The van der Waals surface area contributed by atoms with Crippen LogP contribution in [0.1, 0.15) is 34.9 Å². The fraction of sp³-hybridized carbons (Fsp3) is 0.200. The second-order valence-corrected chi connectivity index (χ2v) is 6.52. The highest BCUT2D eigenvalue weighted by molar-refractivity contribution is 6.03. The third-order valence-electron chi connectivity index (χ3n) is 4.39. The van der Waals surface area contributed by atoms with E-state index in [2.05, 4.69) is 20.6 Å². The molecule has 1 saturated carbocycles.